The van der Waals surface area contributed by atoms with Gasteiger partial charge in [0.05, 0.1) is 0 Å². The van der Waals surface area contributed by atoms with E-state index in [1.165, 1.54) is 12.3 Å². The molecule has 0 bridgehead atoms. The molecule has 2 heterocycles. The number of carbonyl (C=O) groups excluding carboxylic acids is 1. The number of aryl methyl sites for hydroxylation is 1. The summed E-state index contributed by atoms with van der Waals surface area (Å²) < 4.78 is 5.29. The highest BCUT2D eigenvalue weighted by atomic mass is 16.5. The van der Waals surface area contributed by atoms with E-state index in [-0.39, 0.29) is 5.69 Å². The molecule has 0 atom stereocenters. The molecule has 0 fully saturated rings. The van der Waals surface area contributed by atoms with Crippen LogP contribution in [0.3, 0.4) is 0 Å². The van der Waals surface area contributed by atoms with Crippen molar-refractivity contribution in [1.82, 2.24) is 15.5 Å². The smallest absolute Gasteiger partial charge is 0.322 e. The van der Waals surface area contributed by atoms with Crippen LogP contribution in [0.5, 0.6) is 5.75 Å². The zero-order valence-electron chi connectivity index (χ0n) is 13.8. The third-order valence-electron chi connectivity index (χ3n) is 3.62. The lowest BCUT2D eigenvalue weighted by atomic mass is 10.1. The fourth-order valence-corrected chi connectivity index (χ4v) is 2.27. The number of benzene rings is 1. The first-order valence-corrected chi connectivity index (χ1v) is 7.67. The minimum Gasteiger partial charge on any atom is -0.505 e. The standard InChI is InChI=1S/C18H15N3O5/c1-10-2-4-11(5-3-10)13-7-15(26-21-13)12-6-14(22)17(19-8-12)18(25)20-9-16(23)24/h2-8,22H,9H2,1H3,(H,20,25)(H,23,24). The van der Waals surface area contributed by atoms with Crippen molar-refractivity contribution in [2.75, 3.05) is 6.54 Å². The third kappa shape index (κ3) is 3.69. The Morgan fingerprint density at radius 2 is 1.88 bits per heavy atom. The van der Waals surface area contributed by atoms with Crippen LogP contribution in [0.25, 0.3) is 22.6 Å². The zero-order valence-corrected chi connectivity index (χ0v) is 13.8. The number of rotatable bonds is 5. The van der Waals surface area contributed by atoms with Crippen molar-refractivity contribution in [3.8, 4) is 28.3 Å². The number of aromatic nitrogens is 2. The number of nitrogens with one attached hydrogen (secondary N) is 1. The molecule has 3 rings (SSSR count). The molecular formula is C18H15N3O5. The monoisotopic (exact) mass is 353 g/mol. The highest BCUT2D eigenvalue weighted by molar-refractivity contribution is 5.96. The number of carboxylic acid groups (broad SMARTS) is 1. The molecule has 1 aromatic carbocycles. The number of pyridine rings is 1. The molecule has 132 valence electrons. The average molecular weight is 353 g/mol. The first-order chi connectivity index (χ1) is 12.4. The van der Waals surface area contributed by atoms with Crippen LogP contribution in [-0.2, 0) is 4.79 Å². The van der Waals surface area contributed by atoms with Crippen molar-refractivity contribution in [3.05, 3.63) is 53.9 Å². The summed E-state index contributed by atoms with van der Waals surface area (Å²) in [6.45, 7) is 1.42. The Hall–Kier alpha value is -3.68. The summed E-state index contributed by atoms with van der Waals surface area (Å²) in [5, 5.41) is 24.7. The van der Waals surface area contributed by atoms with Crippen LogP contribution >= 0.6 is 0 Å². The van der Waals surface area contributed by atoms with E-state index < -0.39 is 24.2 Å². The first kappa shape index (κ1) is 17.2. The largest absolute Gasteiger partial charge is 0.505 e. The quantitative estimate of drug-likeness (QED) is 0.642. The molecule has 8 heteroatoms. The highest BCUT2D eigenvalue weighted by Crippen LogP contribution is 2.28. The molecule has 0 unspecified atom stereocenters. The minimum atomic E-state index is -1.19. The fourth-order valence-electron chi connectivity index (χ4n) is 2.27. The second kappa shape index (κ2) is 7.06. The number of carboxylic acids is 1. The SMILES string of the molecule is Cc1ccc(-c2cc(-c3cnc(C(=O)NCC(=O)O)c(O)c3)on2)cc1. The van der Waals surface area contributed by atoms with Gasteiger partial charge in [-0.15, -0.1) is 0 Å². The van der Waals surface area contributed by atoms with Crippen molar-refractivity contribution in [2.24, 2.45) is 0 Å². The summed E-state index contributed by atoms with van der Waals surface area (Å²) in [7, 11) is 0. The molecular weight excluding hydrogens is 338 g/mol. The maximum absolute atomic E-state index is 11.8. The lowest BCUT2D eigenvalue weighted by Gasteiger charge is -2.05. The van der Waals surface area contributed by atoms with Gasteiger partial charge in [0.1, 0.15) is 18.0 Å². The number of aromatic hydroxyl groups is 1. The van der Waals surface area contributed by atoms with E-state index in [1.54, 1.807) is 6.07 Å². The summed E-state index contributed by atoms with van der Waals surface area (Å²) in [4.78, 5) is 26.2. The molecule has 0 saturated heterocycles. The second-order valence-electron chi connectivity index (χ2n) is 5.61. The second-order valence-corrected chi connectivity index (χ2v) is 5.61. The number of aliphatic carboxylic acids is 1. The van der Waals surface area contributed by atoms with Gasteiger partial charge in [-0.3, -0.25) is 9.59 Å². The van der Waals surface area contributed by atoms with Gasteiger partial charge in [0.15, 0.2) is 11.5 Å². The molecule has 0 saturated carbocycles. The zero-order chi connectivity index (χ0) is 18.7. The van der Waals surface area contributed by atoms with Gasteiger partial charge >= 0.3 is 5.97 Å². The third-order valence-corrected chi connectivity index (χ3v) is 3.62. The van der Waals surface area contributed by atoms with Crippen molar-refractivity contribution in [2.45, 2.75) is 6.92 Å². The molecule has 0 aliphatic heterocycles. The number of hydrogen-bond acceptors (Lipinski definition) is 6. The number of carbonyl (C=O) groups is 2. The Bertz CT molecular complexity index is 963. The van der Waals surface area contributed by atoms with Gasteiger partial charge in [-0.1, -0.05) is 35.0 Å². The number of hydrogen-bond donors (Lipinski definition) is 3. The Labute approximate surface area is 148 Å². The molecule has 3 N–H and O–H groups in total. The molecule has 0 spiro atoms. The summed E-state index contributed by atoms with van der Waals surface area (Å²) in [5.41, 5.74) is 2.80. The summed E-state index contributed by atoms with van der Waals surface area (Å²) in [6, 6.07) is 10.8. The summed E-state index contributed by atoms with van der Waals surface area (Å²) in [6.07, 6.45) is 1.34. The van der Waals surface area contributed by atoms with Crippen LogP contribution in [0.2, 0.25) is 0 Å². The van der Waals surface area contributed by atoms with Gasteiger partial charge in [-0.05, 0) is 13.0 Å². The van der Waals surface area contributed by atoms with E-state index in [2.05, 4.69) is 15.5 Å². The lowest BCUT2D eigenvalue weighted by molar-refractivity contribution is -0.135. The van der Waals surface area contributed by atoms with Gasteiger partial charge in [-0.25, -0.2) is 4.98 Å². The van der Waals surface area contributed by atoms with Crippen LogP contribution in [0.4, 0.5) is 0 Å². The topological polar surface area (TPSA) is 126 Å². The van der Waals surface area contributed by atoms with E-state index in [1.807, 2.05) is 31.2 Å². The predicted octanol–water partition coefficient (Wildman–Crippen LogP) is 2.23. The number of amides is 1. The molecule has 26 heavy (non-hydrogen) atoms. The van der Waals surface area contributed by atoms with Crippen LogP contribution in [-0.4, -0.2) is 38.8 Å². The number of nitrogens with zero attached hydrogens (tertiary/aromatic N) is 2. The van der Waals surface area contributed by atoms with Gasteiger partial charge in [0.2, 0.25) is 0 Å². The maximum atomic E-state index is 11.8. The minimum absolute atomic E-state index is 0.270. The van der Waals surface area contributed by atoms with Crippen molar-refractivity contribution < 1.29 is 24.3 Å². The average Bonchev–Trinajstić information content (AvgIpc) is 3.10. The normalized spacial score (nSPS) is 10.5. The van der Waals surface area contributed by atoms with E-state index in [4.69, 9.17) is 9.63 Å². The summed E-state index contributed by atoms with van der Waals surface area (Å²) >= 11 is 0. The molecule has 0 aliphatic rings. The Kier molecular flexibility index (Phi) is 4.66. The van der Waals surface area contributed by atoms with Crippen molar-refractivity contribution in [1.29, 1.82) is 0 Å². The van der Waals surface area contributed by atoms with Gasteiger partial charge in [-0.2, -0.15) is 0 Å². The Morgan fingerprint density at radius 3 is 2.54 bits per heavy atom. The van der Waals surface area contributed by atoms with Gasteiger partial charge in [0.25, 0.3) is 5.91 Å². The van der Waals surface area contributed by atoms with Gasteiger partial charge in [0, 0.05) is 23.4 Å². The van der Waals surface area contributed by atoms with Crippen molar-refractivity contribution >= 4 is 11.9 Å². The Balaban J connectivity index is 1.82. The van der Waals surface area contributed by atoms with Crippen LogP contribution in [0.1, 0.15) is 16.1 Å². The van der Waals surface area contributed by atoms with E-state index >= 15 is 0 Å². The molecule has 2 aromatic heterocycles. The Morgan fingerprint density at radius 1 is 1.15 bits per heavy atom. The molecule has 3 aromatic rings. The molecule has 0 aliphatic carbocycles. The first-order valence-electron chi connectivity index (χ1n) is 7.67. The molecule has 1 amide bonds. The van der Waals surface area contributed by atoms with E-state index in [0.717, 1.165) is 11.1 Å². The van der Waals surface area contributed by atoms with Crippen LogP contribution < -0.4 is 5.32 Å². The maximum Gasteiger partial charge on any atom is 0.322 e. The summed E-state index contributed by atoms with van der Waals surface area (Å²) in [5.74, 6) is -1.99. The van der Waals surface area contributed by atoms with Crippen LogP contribution in [0, 0.1) is 6.92 Å². The predicted molar refractivity (Wildman–Crippen MR) is 91.5 cm³/mol. The van der Waals surface area contributed by atoms with E-state index in [9.17, 15) is 14.7 Å². The molecule has 0 radical (unpaired) electrons. The van der Waals surface area contributed by atoms with Crippen LogP contribution in [0.15, 0.2) is 47.1 Å². The highest BCUT2D eigenvalue weighted by Gasteiger charge is 2.16. The fraction of sp³-hybridized carbons (Fsp3) is 0.111. The van der Waals surface area contributed by atoms with E-state index in [0.29, 0.717) is 17.0 Å². The molecule has 8 nitrogen and oxygen atoms in total. The van der Waals surface area contributed by atoms with Gasteiger partial charge < -0.3 is 20.1 Å². The lowest BCUT2D eigenvalue weighted by Crippen LogP contribution is -2.29. The van der Waals surface area contributed by atoms with Crippen molar-refractivity contribution in [3.63, 3.8) is 0 Å².